The van der Waals surface area contributed by atoms with Crippen LogP contribution in [0.15, 0.2) is 10.4 Å². The van der Waals surface area contributed by atoms with Gasteiger partial charge in [-0.05, 0) is 32.1 Å². The minimum Gasteiger partial charge on any atom is -0.357 e. The fraction of sp³-hybridized carbons (Fsp3) is 0.765. The van der Waals surface area contributed by atoms with Gasteiger partial charge in [0.25, 0.3) is 0 Å². The summed E-state index contributed by atoms with van der Waals surface area (Å²) in [7, 11) is 4.02. The maximum absolute atomic E-state index is 4.66. The van der Waals surface area contributed by atoms with Crippen LogP contribution in [0.2, 0.25) is 0 Å². The van der Waals surface area contributed by atoms with E-state index in [9.17, 15) is 0 Å². The van der Waals surface area contributed by atoms with E-state index in [0.717, 1.165) is 29.8 Å². The lowest BCUT2D eigenvalue weighted by atomic mass is 9.89. The second-order valence-electron chi connectivity index (χ2n) is 7.36. The van der Waals surface area contributed by atoms with Crippen LogP contribution in [0.3, 0.4) is 0 Å². The fourth-order valence-electron chi connectivity index (χ4n) is 2.01. The Bertz CT molecular complexity index is 487. The summed E-state index contributed by atoms with van der Waals surface area (Å²) in [5.41, 5.74) is 1.38. The quantitative estimate of drug-likeness (QED) is 0.590. The molecule has 0 radical (unpaired) electrons. The third-order valence-electron chi connectivity index (χ3n) is 3.38. The Morgan fingerprint density at radius 1 is 1.39 bits per heavy atom. The van der Waals surface area contributed by atoms with Crippen LogP contribution in [0.1, 0.15) is 53.2 Å². The molecule has 1 heterocycles. The highest BCUT2D eigenvalue weighted by Gasteiger charge is 2.13. The lowest BCUT2D eigenvalue weighted by molar-refractivity contribution is 0.346. The summed E-state index contributed by atoms with van der Waals surface area (Å²) >= 11 is 1.65. The molecule has 2 N–H and O–H groups in total. The van der Waals surface area contributed by atoms with Gasteiger partial charge in [0.1, 0.15) is 0 Å². The first-order valence-electron chi connectivity index (χ1n) is 8.38. The molecule has 0 fully saturated rings. The highest BCUT2D eigenvalue weighted by molar-refractivity contribution is 7.13. The second kappa shape index (κ2) is 9.11. The largest absolute Gasteiger partial charge is 0.357 e. The lowest BCUT2D eigenvalue weighted by Crippen LogP contribution is -2.42. The molecule has 0 saturated carbocycles. The van der Waals surface area contributed by atoms with Gasteiger partial charge in [-0.25, -0.2) is 9.98 Å². The smallest absolute Gasteiger partial charge is 0.191 e. The normalized spacial score (nSPS) is 13.8. The molecule has 0 aromatic carbocycles. The Morgan fingerprint density at radius 3 is 2.61 bits per heavy atom. The van der Waals surface area contributed by atoms with Crippen molar-refractivity contribution in [1.29, 1.82) is 0 Å². The summed E-state index contributed by atoms with van der Waals surface area (Å²) in [5, 5.41) is 9.90. The lowest BCUT2D eigenvalue weighted by Gasteiger charge is -2.23. The number of guanidine groups is 1. The topological polar surface area (TPSA) is 52.6 Å². The van der Waals surface area contributed by atoms with Crippen LogP contribution in [0, 0.1) is 5.41 Å². The van der Waals surface area contributed by atoms with Crippen LogP contribution in [-0.4, -0.2) is 37.6 Å². The molecule has 1 unspecified atom stereocenters. The van der Waals surface area contributed by atoms with Crippen molar-refractivity contribution in [3.8, 4) is 0 Å². The van der Waals surface area contributed by atoms with Gasteiger partial charge in [-0.1, -0.05) is 20.8 Å². The van der Waals surface area contributed by atoms with Crippen molar-refractivity contribution in [3.63, 3.8) is 0 Å². The molecule has 5 nitrogen and oxygen atoms in total. The summed E-state index contributed by atoms with van der Waals surface area (Å²) in [6.07, 6.45) is 2.33. The molecule has 0 saturated heterocycles. The van der Waals surface area contributed by atoms with Crippen molar-refractivity contribution in [2.45, 2.75) is 60.0 Å². The Labute approximate surface area is 145 Å². The van der Waals surface area contributed by atoms with Gasteiger partial charge >= 0.3 is 0 Å². The number of rotatable bonds is 7. The first kappa shape index (κ1) is 19.7. The van der Waals surface area contributed by atoms with E-state index >= 15 is 0 Å². The molecule has 132 valence electrons. The Kier molecular flexibility index (Phi) is 7.82. The summed E-state index contributed by atoms with van der Waals surface area (Å²) in [5.74, 6) is 0.869. The predicted octanol–water partition coefficient (Wildman–Crippen LogP) is 3.48. The van der Waals surface area contributed by atoms with Gasteiger partial charge in [0, 0.05) is 32.1 Å². The summed E-state index contributed by atoms with van der Waals surface area (Å²) in [4.78, 5) is 11.3. The molecule has 23 heavy (non-hydrogen) atoms. The summed E-state index contributed by atoms with van der Waals surface area (Å²) in [6, 6.07) is 0.403. The Morgan fingerprint density at radius 2 is 2.09 bits per heavy atom. The average molecular weight is 340 g/mol. The van der Waals surface area contributed by atoms with E-state index in [4.69, 9.17) is 0 Å². The first-order chi connectivity index (χ1) is 10.7. The SMILES string of the molecule is CCNC(=NCc1csc(N(C)C)n1)NC(C)CCC(C)(C)C. The fourth-order valence-corrected chi connectivity index (χ4v) is 2.76. The van der Waals surface area contributed by atoms with Gasteiger partial charge in [-0.3, -0.25) is 0 Å². The molecule has 6 heteroatoms. The zero-order valence-corrected chi connectivity index (χ0v) is 16.5. The second-order valence-corrected chi connectivity index (χ2v) is 8.19. The standard InChI is InChI=1S/C17H33N5S/c1-8-18-15(20-13(2)9-10-17(3,4)5)19-11-14-12-23-16(21-14)22(6)7/h12-13H,8-11H2,1-7H3,(H2,18,19,20). The van der Waals surface area contributed by atoms with Crippen LogP contribution < -0.4 is 15.5 Å². The van der Waals surface area contributed by atoms with E-state index < -0.39 is 0 Å². The molecular weight excluding hydrogens is 306 g/mol. The van der Waals surface area contributed by atoms with Crippen molar-refractivity contribution in [2.24, 2.45) is 10.4 Å². The Balaban J connectivity index is 2.58. The van der Waals surface area contributed by atoms with Gasteiger partial charge in [-0.15, -0.1) is 11.3 Å². The Hall–Kier alpha value is -1.30. The van der Waals surface area contributed by atoms with Crippen molar-refractivity contribution in [3.05, 3.63) is 11.1 Å². The van der Waals surface area contributed by atoms with Gasteiger partial charge in [0.15, 0.2) is 11.1 Å². The van der Waals surface area contributed by atoms with Crippen LogP contribution in [-0.2, 0) is 6.54 Å². The number of anilines is 1. The van der Waals surface area contributed by atoms with Crippen LogP contribution in [0.5, 0.6) is 0 Å². The van der Waals surface area contributed by atoms with Gasteiger partial charge in [-0.2, -0.15) is 0 Å². The van der Waals surface area contributed by atoms with E-state index in [2.05, 4.69) is 60.6 Å². The minimum atomic E-state index is 0.370. The number of nitrogens with zero attached hydrogens (tertiary/aromatic N) is 3. The molecule has 1 aromatic rings. The number of hydrogen-bond donors (Lipinski definition) is 2. The molecule has 0 spiro atoms. The molecular formula is C17H33N5S. The van der Waals surface area contributed by atoms with Crippen LogP contribution in [0.25, 0.3) is 0 Å². The highest BCUT2D eigenvalue weighted by Crippen LogP contribution is 2.21. The zero-order valence-electron chi connectivity index (χ0n) is 15.7. The average Bonchev–Trinajstić information content (AvgIpc) is 2.91. The molecule has 0 aliphatic carbocycles. The van der Waals surface area contributed by atoms with Crippen molar-refractivity contribution in [2.75, 3.05) is 25.5 Å². The van der Waals surface area contributed by atoms with E-state index in [1.165, 1.54) is 6.42 Å². The van der Waals surface area contributed by atoms with Crippen molar-refractivity contribution >= 4 is 22.4 Å². The van der Waals surface area contributed by atoms with Gasteiger partial charge in [0.05, 0.1) is 12.2 Å². The minimum absolute atomic E-state index is 0.370. The van der Waals surface area contributed by atoms with Crippen molar-refractivity contribution in [1.82, 2.24) is 15.6 Å². The predicted molar refractivity (Wildman–Crippen MR) is 103 cm³/mol. The van der Waals surface area contributed by atoms with E-state index in [-0.39, 0.29) is 0 Å². The van der Waals surface area contributed by atoms with Crippen molar-refractivity contribution < 1.29 is 0 Å². The van der Waals surface area contributed by atoms with Crippen LogP contribution >= 0.6 is 11.3 Å². The van der Waals surface area contributed by atoms with E-state index in [1.807, 2.05) is 19.0 Å². The summed E-state index contributed by atoms with van der Waals surface area (Å²) in [6.45, 7) is 12.6. The molecule has 0 aliphatic rings. The molecule has 1 atom stereocenters. The third-order valence-corrected chi connectivity index (χ3v) is 4.43. The molecule has 1 aromatic heterocycles. The number of hydrogen-bond acceptors (Lipinski definition) is 4. The number of nitrogens with one attached hydrogen (secondary N) is 2. The van der Waals surface area contributed by atoms with E-state index in [0.29, 0.717) is 18.0 Å². The molecule has 0 aliphatic heterocycles. The zero-order chi connectivity index (χ0) is 17.5. The highest BCUT2D eigenvalue weighted by atomic mass is 32.1. The maximum Gasteiger partial charge on any atom is 0.191 e. The first-order valence-corrected chi connectivity index (χ1v) is 9.26. The number of aromatic nitrogens is 1. The molecule has 0 bridgehead atoms. The third kappa shape index (κ3) is 8.21. The van der Waals surface area contributed by atoms with Crippen LogP contribution in [0.4, 0.5) is 5.13 Å². The van der Waals surface area contributed by atoms with E-state index in [1.54, 1.807) is 11.3 Å². The molecule has 1 rings (SSSR count). The van der Waals surface area contributed by atoms with Gasteiger partial charge < -0.3 is 15.5 Å². The summed E-state index contributed by atoms with van der Waals surface area (Å²) < 4.78 is 0. The van der Waals surface area contributed by atoms with Gasteiger partial charge in [0.2, 0.25) is 0 Å². The number of thiazole rings is 1. The number of aliphatic imine (C=N–C) groups is 1. The maximum atomic E-state index is 4.66. The molecule has 0 amide bonds. The monoisotopic (exact) mass is 339 g/mol.